The molecule has 3 nitrogen and oxygen atoms in total. The molecule has 3 rings (SSSR count). The summed E-state index contributed by atoms with van der Waals surface area (Å²) in [6, 6.07) is 8.46. The average molecular weight is 278 g/mol. The average Bonchev–Trinajstić information content (AvgIpc) is 2.94. The fraction of sp³-hybridized carbons (Fsp3) is 0.308. The number of hydrogen-bond acceptors (Lipinski definition) is 5. The fourth-order valence-electron chi connectivity index (χ4n) is 1.86. The van der Waals surface area contributed by atoms with Crippen LogP contribution in [0.1, 0.15) is 0 Å². The van der Waals surface area contributed by atoms with Crippen LogP contribution in [0.15, 0.2) is 40.7 Å². The smallest absolute Gasteiger partial charge is 0.124 e. The first-order chi connectivity index (χ1) is 8.93. The van der Waals surface area contributed by atoms with Crippen molar-refractivity contribution in [2.24, 2.45) is 0 Å². The van der Waals surface area contributed by atoms with Crippen molar-refractivity contribution in [3.8, 4) is 10.6 Å². The van der Waals surface area contributed by atoms with Gasteiger partial charge in [-0.05, 0) is 18.0 Å². The molecule has 0 radical (unpaired) electrons. The molecule has 0 bridgehead atoms. The number of hydrogen-bond donors (Lipinski definition) is 0. The molecule has 1 fully saturated rings. The third-order valence-electron chi connectivity index (χ3n) is 2.75. The predicted molar refractivity (Wildman–Crippen MR) is 75.8 cm³/mol. The molecule has 0 atom stereocenters. The number of rotatable bonds is 3. The number of thiazole rings is 1. The van der Waals surface area contributed by atoms with Gasteiger partial charge in [-0.1, -0.05) is 18.2 Å². The molecule has 0 unspecified atom stereocenters. The summed E-state index contributed by atoms with van der Waals surface area (Å²) in [7, 11) is 0. The molecule has 0 N–H and O–H groups in total. The molecule has 1 aliphatic rings. The predicted octanol–water partition coefficient (Wildman–Crippen LogP) is 3.15. The molecular weight excluding hydrogens is 264 g/mol. The van der Waals surface area contributed by atoms with Gasteiger partial charge in [0.1, 0.15) is 5.01 Å². The summed E-state index contributed by atoms with van der Waals surface area (Å²) in [5, 5.41) is 3.11. The van der Waals surface area contributed by atoms with Gasteiger partial charge in [0.25, 0.3) is 0 Å². The first kappa shape index (κ1) is 12.2. The van der Waals surface area contributed by atoms with E-state index in [1.807, 2.05) is 23.5 Å². The Morgan fingerprint density at radius 2 is 2.06 bits per heavy atom. The van der Waals surface area contributed by atoms with Crippen LogP contribution < -0.4 is 0 Å². The van der Waals surface area contributed by atoms with Crippen molar-refractivity contribution in [3.63, 3.8) is 0 Å². The van der Waals surface area contributed by atoms with Crippen molar-refractivity contribution in [1.29, 1.82) is 0 Å². The van der Waals surface area contributed by atoms with Crippen LogP contribution in [-0.4, -0.2) is 35.6 Å². The number of aromatic nitrogens is 1. The van der Waals surface area contributed by atoms with Crippen molar-refractivity contribution in [2.45, 2.75) is 4.90 Å². The molecule has 1 aromatic heterocycles. The van der Waals surface area contributed by atoms with E-state index in [0.717, 1.165) is 31.3 Å². The van der Waals surface area contributed by atoms with E-state index in [4.69, 9.17) is 4.74 Å². The lowest BCUT2D eigenvalue weighted by Gasteiger charge is -2.25. The summed E-state index contributed by atoms with van der Waals surface area (Å²) in [6.45, 7) is 3.62. The summed E-state index contributed by atoms with van der Waals surface area (Å²) in [5.74, 6) is 0. The van der Waals surface area contributed by atoms with Gasteiger partial charge in [0.15, 0.2) is 0 Å². The third kappa shape index (κ3) is 2.75. The Balaban J connectivity index is 1.83. The maximum Gasteiger partial charge on any atom is 0.124 e. The monoisotopic (exact) mass is 278 g/mol. The Bertz CT molecular complexity index is 495. The van der Waals surface area contributed by atoms with Crippen molar-refractivity contribution in [2.75, 3.05) is 26.3 Å². The van der Waals surface area contributed by atoms with Crippen LogP contribution in [-0.2, 0) is 4.74 Å². The molecule has 94 valence electrons. The van der Waals surface area contributed by atoms with Crippen LogP contribution >= 0.6 is 23.3 Å². The number of morpholine rings is 1. The maximum atomic E-state index is 5.37. The quantitative estimate of drug-likeness (QED) is 0.805. The van der Waals surface area contributed by atoms with Gasteiger partial charge in [0, 0.05) is 35.1 Å². The summed E-state index contributed by atoms with van der Waals surface area (Å²) >= 11 is 3.49. The molecule has 1 aliphatic heterocycles. The summed E-state index contributed by atoms with van der Waals surface area (Å²) in [4.78, 5) is 5.67. The second kappa shape index (κ2) is 5.84. The van der Waals surface area contributed by atoms with Crippen molar-refractivity contribution < 1.29 is 4.74 Å². The van der Waals surface area contributed by atoms with E-state index in [0.29, 0.717) is 0 Å². The molecule has 0 saturated carbocycles. The molecule has 1 aromatic carbocycles. The molecule has 2 heterocycles. The van der Waals surface area contributed by atoms with Gasteiger partial charge in [-0.3, -0.25) is 0 Å². The molecule has 2 aromatic rings. The largest absolute Gasteiger partial charge is 0.379 e. The zero-order valence-corrected chi connectivity index (χ0v) is 11.5. The van der Waals surface area contributed by atoms with Crippen LogP contribution in [0.2, 0.25) is 0 Å². The second-order valence-electron chi connectivity index (χ2n) is 3.97. The standard InChI is InChI=1S/C13H14N2OS2/c1-2-4-12(18-15-6-8-16-9-7-15)11(3-1)13-14-5-10-17-13/h1-5,10H,6-9H2. The lowest BCUT2D eigenvalue weighted by Crippen LogP contribution is -2.30. The Kier molecular flexibility index (Phi) is 3.95. The van der Waals surface area contributed by atoms with E-state index in [2.05, 4.69) is 33.6 Å². The van der Waals surface area contributed by atoms with Crippen LogP contribution in [0.3, 0.4) is 0 Å². The first-order valence-electron chi connectivity index (χ1n) is 5.93. The SMILES string of the molecule is c1ccc(-c2nccs2)c(SN2CCOCC2)c1. The second-order valence-corrected chi connectivity index (χ2v) is 6.00. The van der Waals surface area contributed by atoms with Gasteiger partial charge < -0.3 is 4.74 Å². The fourth-order valence-corrected chi connectivity index (χ4v) is 3.61. The molecule has 18 heavy (non-hydrogen) atoms. The van der Waals surface area contributed by atoms with Crippen molar-refractivity contribution in [3.05, 3.63) is 35.8 Å². The molecular formula is C13H14N2OS2. The molecule has 5 heteroatoms. The van der Waals surface area contributed by atoms with E-state index in [9.17, 15) is 0 Å². The third-order valence-corrected chi connectivity index (χ3v) is 4.73. The highest BCUT2D eigenvalue weighted by molar-refractivity contribution is 7.97. The van der Waals surface area contributed by atoms with Crippen LogP contribution in [0, 0.1) is 0 Å². The zero-order valence-electron chi connectivity index (χ0n) is 9.91. The first-order valence-corrected chi connectivity index (χ1v) is 7.58. The van der Waals surface area contributed by atoms with Gasteiger partial charge in [0.2, 0.25) is 0 Å². The Morgan fingerprint density at radius 3 is 2.83 bits per heavy atom. The highest BCUT2D eigenvalue weighted by atomic mass is 32.2. The summed E-state index contributed by atoms with van der Waals surface area (Å²) in [5.41, 5.74) is 1.23. The Morgan fingerprint density at radius 1 is 1.22 bits per heavy atom. The topological polar surface area (TPSA) is 25.4 Å². The van der Waals surface area contributed by atoms with Crippen molar-refractivity contribution >= 4 is 23.3 Å². The minimum absolute atomic E-state index is 0.826. The van der Waals surface area contributed by atoms with E-state index >= 15 is 0 Å². The highest BCUT2D eigenvalue weighted by Crippen LogP contribution is 2.34. The minimum Gasteiger partial charge on any atom is -0.379 e. The molecule has 0 amide bonds. The van der Waals surface area contributed by atoms with E-state index < -0.39 is 0 Å². The van der Waals surface area contributed by atoms with Crippen molar-refractivity contribution in [1.82, 2.24) is 9.29 Å². The zero-order chi connectivity index (χ0) is 12.2. The number of nitrogens with zero attached hydrogens (tertiary/aromatic N) is 2. The van der Waals surface area contributed by atoms with Crippen LogP contribution in [0.4, 0.5) is 0 Å². The minimum atomic E-state index is 0.826. The van der Waals surface area contributed by atoms with Crippen LogP contribution in [0.5, 0.6) is 0 Å². The van der Waals surface area contributed by atoms with Gasteiger partial charge in [0.05, 0.1) is 13.2 Å². The van der Waals surface area contributed by atoms with Gasteiger partial charge in [-0.2, -0.15) is 0 Å². The number of ether oxygens (including phenoxy) is 1. The highest BCUT2D eigenvalue weighted by Gasteiger charge is 2.15. The lowest BCUT2D eigenvalue weighted by atomic mass is 10.2. The van der Waals surface area contributed by atoms with Gasteiger partial charge >= 0.3 is 0 Å². The van der Waals surface area contributed by atoms with E-state index in [1.165, 1.54) is 10.5 Å². The van der Waals surface area contributed by atoms with E-state index in [-0.39, 0.29) is 0 Å². The van der Waals surface area contributed by atoms with Crippen LogP contribution in [0.25, 0.3) is 10.6 Å². The summed E-state index contributed by atoms with van der Waals surface area (Å²) < 4.78 is 7.73. The van der Waals surface area contributed by atoms with Gasteiger partial charge in [-0.25, -0.2) is 9.29 Å². The Hall–Kier alpha value is -0.880. The molecule has 0 aliphatic carbocycles. The number of benzene rings is 1. The Labute approximate surface area is 115 Å². The molecule has 1 saturated heterocycles. The van der Waals surface area contributed by atoms with Gasteiger partial charge in [-0.15, -0.1) is 11.3 Å². The summed E-state index contributed by atoms with van der Waals surface area (Å²) in [6.07, 6.45) is 1.86. The normalized spacial score (nSPS) is 16.9. The maximum absolute atomic E-state index is 5.37. The lowest BCUT2D eigenvalue weighted by molar-refractivity contribution is 0.0773. The van der Waals surface area contributed by atoms with E-state index in [1.54, 1.807) is 11.3 Å². The molecule has 0 spiro atoms.